The minimum absolute atomic E-state index is 0.261. The molecule has 0 aliphatic carbocycles. The van der Waals surface area contributed by atoms with Crippen LogP contribution in [-0.4, -0.2) is 45.4 Å². The number of aromatic nitrogens is 3. The average molecular weight is 297 g/mol. The number of pyridine rings is 1. The van der Waals surface area contributed by atoms with E-state index in [9.17, 15) is 4.79 Å². The van der Waals surface area contributed by atoms with Gasteiger partial charge in [0.1, 0.15) is 5.69 Å². The molecule has 0 bridgehead atoms. The lowest BCUT2D eigenvalue weighted by molar-refractivity contribution is 0.102. The van der Waals surface area contributed by atoms with E-state index in [1.54, 1.807) is 18.6 Å². The molecule has 6 heteroatoms. The van der Waals surface area contributed by atoms with Gasteiger partial charge < -0.3 is 10.2 Å². The number of nitrogens with zero attached hydrogens (tertiary/aromatic N) is 4. The number of amides is 1. The standard InChI is InChI=1S/C16H19N5O/c22-16(15-12-18-6-7-19-15)20-14-11-17-5-3-13(14)4-10-21-8-1-2-9-21/h3,5-7,11-12H,1-2,4,8-10H2,(H,20,22). The fraction of sp³-hybridized carbons (Fsp3) is 0.375. The number of likely N-dealkylation sites (tertiary alicyclic amines) is 1. The highest BCUT2D eigenvalue weighted by atomic mass is 16.1. The SMILES string of the molecule is O=C(Nc1cnccc1CCN1CCCC1)c1cnccn1. The highest BCUT2D eigenvalue weighted by Gasteiger charge is 2.14. The Bertz CT molecular complexity index is 625. The maximum atomic E-state index is 12.2. The second-order valence-corrected chi connectivity index (χ2v) is 5.38. The van der Waals surface area contributed by atoms with Crippen molar-refractivity contribution in [2.45, 2.75) is 19.3 Å². The molecule has 1 aliphatic rings. The lowest BCUT2D eigenvalue weighted by atomic mass is 10.1. The lowest BCUT2D eigenvalue weighted by Gasteiger charge is -2.16. The van der Waals surface area contributed by atoms with Gasteiger partial charge in [-0.05, 0) is 44.0 Å². The molecule has 6 nitrogen and oxygen atoms in total. The molecule has 2 aromatic rings. The van der Waals surface area contributed by atoms with Crippen molar-refractivity contribution in [3.63, 3.8) is 0 Å². The number of hydrogen-bond donors (Lipinski definition) is 1. The predicted molar refractivity (Wildman–Crippen MR) is 83.6 cm³/mol. The molecule has 0 radical (unpaired) electrons. The van der Waals surface area contributed by atoms with Crippen LogP contribution in [0.5, 0.6) is 0 Å². The molecule has 3 rings (SSSR count). The summed E-state index contributed by atoms with van der Waals surface area (Å²) in [7, 11) is 0. The minimum Gasteiger partial charge on any atom is -0.319 e. The molecular weight excluding hydrogens is 278 g/mol. The summed E-state index contributed by atoms with van der Waals surface area (Å²) < 4.78 is 0. The van der Waals surface area contributed by atoms with Gasteiger partial charge in [0.2, 0.25) is 0 Å². The van der Waals surface area contributed by atoms with Crippen LogP contribution in [0.25, 0.3) is 0 Å². The molecule has 2 aromatic heterocycles. The van der Waals surface area contributed by atoms with Gasteiger partial charge in [0.05, 0.1) is 18.1 Å². The van der Waals surface area contributed by atoms with E-state index < -0.39 is 0 Å². The van der Waals surface area contributed by atoms with Gasteiger partial charge in [-0.3, -0.25) is 14.8 Å². The van der Waals surface area contributed by atoms with E-state index in [4.69, 9.17) is 0 Å². The molecule has 1 fully saturated rings. The van der Waals surface area contributed by atoms with Gasteiger partial charge in [-0.25, -0.2) is 4.98 Å². The first-order valence-corrected chi connectivity index (χ1v) is 7.55. The van der Waals surface area contributed by atoms with E-state index >= 15 is 0 Å². The van der Waals surface area contributed by atoms with Crippen LogP contribution in [0.4, 0.5) is 5.69 Å². The second kappa shape index (κ2) is 7.09. The van der Waals surface area contributed by atoms with E-state index in [1.165, 1.54) is 38.3 Å². The topological polar surface area (TPSA) is 71.0 Å². The highest BCUT2D eigenvalue weighted by Crippen LogP contribution is 2.17. The fourth-order valence-corrected chi connectivity index (χ4v) is 2.64. The first-order chi connectivity index (χ1) is 10.8. The zero-order valence-electron chi connectivity index (χ0n) is 12.4. The first-order valence-electron chi connectivity index (χ1n) is 7.55. The fourth-order valence-electron chi connectivity index (χ4n) is 2.64. The van der Waals surface area contributed by atoms with Crippen molar-refractivity contribution in [3.05, 3.63) is 48.3 Å². The Kier molecular flexibility index (Phi) is 4.70. The monoisotopic (exact) mass is 297 g/mol. The smallest absolute Gasteiger partial charge is 0.275 e. The van der Waals surface area contributed by atoms with E-state index in [-0.39, 0.29) is 5.91 Å². The molecule has 22 heavy (non-hydrogen) atoms. The van der Waals surface area contributed by atoms with Gasteiger partial charge in [0.15, 0.2) is 0 Å². The quantitative estimate of drug-likeness (QED) is 0.910. The Morgan fingerprint density at radius 2 is 1.95 bits per heavy atom. The third-order valence-corrected chi connectivity index (χ3v) is 3.85. The van der Waals surface area contributed by atoms with Crippen LogP contribution in [-0.2, 0) is 6.42 Å². The van der Waals surface area contributed by atoms with Crippen LogP contribution < -0.4 is 5.32 Å². The van der Waals surface area contributed by atoms with Gasteiger partial charge in [-0.2, -0.15) is 0 Å². The van der Waals surface area contributed by atoms with Crippen molar-refractivity contribution in [1.82, 2.24) is 19.9 Å². The van der Waals surface area contributed by atoms with Gasteiger partial charge in [-0.1, -0.05) is 0 Å². The maximum absolute atomic E-state index is 12.2. The largest absolute Gasteiger partial charge is 0.319 e. The molecule has 0 atom stereocenters. The molecule has 0 unspecified atom stereocenters. The van der Waals surface area contributed by atoms with Crippen molar-refractivity contribution < 1.29 is 4.79 Å². The number of rotatable bonds is 5. The third-order valence-electron chi connectivity index (χ3n) is 3.85. The number of carbonyl (C=O) groups is 1. The molecule has 0 saturated carbocycles. The number of anilines is 1. The number of carbonyl (C=O) groups excluding carboxylic acids is 1. The molecule has 1 aliphatic heterocycles. The molecule has 0 aromatic carbocycles. The maximum Gasteiger partial charge on any atom is 0.275 e. The molecular formula is C16H19N5O. The lowest BCUT2D eigenvalue weighted by Crippen LogP contribution is -2.22. The van der Waals surface area contributed by atoms with E-state index in [0.717, 1.165) is 24.2 Å². The zero-order valence-corrected chi connectivity index (χ0v) is 12.4. The minimum atomic E-state index is -0.261. The molecule has 3 heterocycles. The van der Waals surface area contributed by atoms with Crippen LogP contribution in [0, 0.1) is 0 Å². The van der Waals surface area contributed by atoms with Gasteiger partial charge in [0, 0.05) is 25.1 Å². The third kappa shape index (κ3) is 3.65. The highest BCUT2D eigenvalue weighted by molar-refractivity contribution is 6.02. The van der Waals surface area contributed by atoms with Gasteiger partial charge in [-0.15, -0.1) is 0 Å². The Morgan fingerprint density at radius 1 is 1.14 bits per heavy atom. The van der Waals surface area contributed by atoms with Crippen LogP contribution in [0.15, 0.2) is 37.1 Å². The summed E-state index contributed by atoms with van der Waals surface area (Å²) in [4.78, 5) is 26.7. The van der Waals surface area contributed by atoms with Crippen LogP contribution >= 0.6 is 0 Å². The van der Waals surface area contributed by atoms with Crippen molar-refractivity contribution in [2.75, 3.05) is 25.0 Å². The Labute approximate surface area is 129 Å². The summed E-state index contributed by atoms with van der Waals surface area (Å²) in [6, 6.07) is 1.96. The van der Waals surface area contributed by atoms with Crippen molar-refractivity contribution in [1.29, 1.82) is 0 Å². The molecule has 1 N–H and O–H groups in total. The van der Waals surface area contributed by atoms with Crippen molar-refractivity contribution in [2.24, 2.45) is 0 Å². The van der Waals surface area contributed by atoms with Crippen LogP contribution in [0.2, 0.25) is 0 Å². The Hall–Kier alpha value is -2.34. The molecule has 0 spiro atoms. The molecule has 1 amide bonds. The number of nitrogens with one attached hydrogen (secondary N) is 1. The number of hydrogen-bond acceptors (Lipinski definition) is 5. The second-order valence-electron chi connectivity index (χ2n) is 5.38. The summed E-state index contributed by atoms with van der Waals surface area (Å²) >= 11 is 0. The summed E-state index contributed by atoms with van der Waals surface area (Å²) in [6.07, 6.45) is 11.4. The van der Waals surface area contributed by atoms with Gasteiger partial charge in [0.25, 0.3) is 5.91 Å². The predicted octanol–water partition coefficient (Wildman–Crippen LogP) is 1.76. The average Bonchev–Trinajstić information content (AvgIpc) is 3.08. The summed E-state index contributed by atoms with van der Waals surface area (Å²) in [5.41, 5.74) is 2.15. The van der Waals surface area contributed by atoms with E-state index in [2.05, 4.69) is 25.2 Å². The Balaban J connectivity index is 1.66. The summed E-state index contributed by atoms with van der Waals surface area (Å²) in [5, 5.41) is 2.88. The zero-order chi connectivity index (χ0) is 15.2. The normalized spacial score (nSPS) is 14.9. The Morgan fingerprint density at radius 3 is 2.73 bits per heavy atom. The first kappa shape index (κ1) is 14.6. The van der Waals surface area contributed by atoms with Crippen molar-refractivity contribution >= 4 is 11.6 Å². The van der Waals surface area contributed by atoms with Crippen molar-refractivity contribution in [3.8, 4) is 0 Å². The molecule has 114 valence electrons. The van der Waals surface area contributed by atoms with Gasteiger partial charge >= 0.3 is 0 Å². The summed E-state index contributed by atoms with van der Waals surface area (Å²) in [6.45, 7) is 3.36. The van der Waals surface area contributed by atoms with E-state index in [0.29, 0.717) is 5.69 Å². The van der Waals surface area contributed by atoms with Crippen LogP contribution in [0.3, 0.4) is 0 Å². The van der Waals surface area contributed by atoms with Crippen LogP contribution in [0.1, 0.15) is 28.9 Å². The summed E-state index contributed by atoms with van der Waals surface area (Å²) in [5.74, 6) is -0.261. The van der Waals surface area contributed by atoms with E-state index in [1.807, 2.05) is 6.07 Å². The molecule has 1 saturated heterocycles.